The van der Waals surface area contributed by atoms with Gasteiger partial charge in [-0.05, 0) is 48.8 Å². The molecule has 2 N–H and O–H groups in total. The molecular formula is C17H23FN2O. The van der Waals surface area contributed by atoms with E-state index in [0.29, 0.717) is 12.5 Å². The highest BCUT2D eigenvalue weighted by Crippen LogP contribution is 2.49. The molecule has 1 saturated carbocycles. The lowest BCUT2D eigenvalue weighted by atomic mass is 9.90. The van der Waals surface area contributed by atoms with Gasteiger partial charge >= 0.3 is 0 Å². The van der Waals surface area contributed by atoms with E-state index in [0.717, 1.165) is 31.4 Å². The van der Waals surface area contributed by atoms with Crippen molar-refractivity contribution in [2.24, 2.45) is 17.6 Å². The van der Waals surface area contributed by atoms with Gasteiger partial charge in [0.15, 0.2) is 0 Å². The summed E-state index contributed by atoms with van der Waals surface area (Å²) in [5.41, 5.74) is 6.81. The van der Waals surface area contributed by atoms with Crippen molar-refractivity contribution >= 4 is 5.91 Å². The van der Waals surface area contributed by atoms with Gasteiger partial charge < -0.3 is 10.6 Å². The summed E-state index contributed by atoms with van der Waals surface area (Å²) in [6, 6.07) is 6.80. The Labute approximate surface area is 125 Å². The van der Waals surface area contributed by atoms with Crippen molar-refractivity contribution < 1.29 is 9.18 Å². The molecule has 1 aliphatic heterocycles. The first-order chi connectivity index (χ1) is 10.1. The summed E-state index contributed by atoms with van der Waals surface area (Å²) in [6.07, 6.45) is 3.04. The van der Waals surface area contributed by atoms with Crippen LogP contribution < -0.4 is 5.73 Å². The van der Waals surface area contributed by atoms with Gasteiger partial charge in [-0.25, -0.2) is 4.39 Å². The van der Waals surface area contributed by atoms with E-state index in [1.165, 1.54) is 6.07 Å². The molecule has 1 saturated heterocycles. The second-order valence-corrected chi connectivity index (χ2v) is 6.46. The lowest BCUT2D eigenvalue weighted by Crippen LogP contribution is -2.52. The third-order valence-corrected chi connectivity index (χ3v) is 5.02. The van der Waals surface area contributed by atoms with E-state index in [9.17, 15) is 9.18 Å². The van der Waals surface area contributed by atoms with Gasteiger partial charge in [-0.2, -0.15) is 0 Å². The largest absolute Gasteiger partial charge is 0.338 e. The zero-order valence-electron chi connectivity index (χ0n) is 12.5. The van der Waals surface area contributed by atoms with Crippen LogP contribution in [0.15, 0.2) is 24.3 Å². The van der Waals surface area contributed by atoms with E-state index in [4.69, 9.17) is 5.73 Å². The predicted octanol–water partition coefficient (Wildman–Crippen LogP) is 2.52. The van der Waals surface area contributed by atoms with Crippen molar-refractivity contribution in [1.82, 2.24) is 4.90 Å². The van der Waals surface area contributed by atoms with Crippen LogP contribution in [0.3, 0.4) is 0 Å². The van der Waals surface area contributed by atoms with E-state index < -0.39 is 0 Å². The molecule has 1 heterocycles. The number of piperidine rings is 1. The molecule has 0 radical (unpaired) electrons. The first kappa shape index (κ1) is 14.5. The highest BCUT2D eigenvalue weighted by atomic mass is 19.1. The molecule has 0 bridgehead atoms. The van der Waals surface area contributed by atoms with E-state index in [2.05, 4.69) is 6.92 Å². The number of hydrogen-bond donors (Lipinski definition) is 1. The maximum atomic E-state index is 13.3. The van der Waals surface area contributed by atoms with Gasteiger partial charge in [-0.15, -0.1) is 0 Å². The minimum absolute atomic E-state index is 0.0196. The molecule has 0 unspecified atom stereocenters. The number of nitrogens with two attached hydrogens (primary N) is 1. The maximum absolute atomic E-state index is 13.3. The monoisotopic (exact) mass is 290 g/mol. The summed E-state index contributed by atoms with van der Waals surface area (Å²) in [6.45, 7) is 3.52. The van der Waals surface area contributed by atoms with E-state index >= 15 is 0 Å². The molecule has 2 aliphatic rings. The number of carbonyl (C=O) groups excluding carboxylic acids is 1. The fourth-order valence-corrected chi connectivity index (χ4v) is 3.67. The van der Waals surface area contributed by atoms with Gasteiger partial charge in [-0.3, -0.25) is 4.79 Å². The van der Waals surface area contributed by atoms with Gasteiger partial charge in [0, 0.05) is 25.0 Å². The number of carbonyl (C=O) groups is 1. The van der Waals surface area contributed by atoms with Crippen LogP contribution >= 0.6 is 0 Å². The minimum Gasteiger partial charge on any atom is -0.338 e. The van der Waals surface area contributed by atoms with E-state index in [1.807, 2.05) is 11.0 Å². The summed E-state index contributed by atoms with van der Waals surface area (Å²) in [5, 5.41) is 0. The number of hydrogen-bond acceptors (Lipinski definition) is 2. The van der Waals surface area contributed by atoms with Crippen molar-refractivity contribution in [2.75, 3.05) is 13.1 Å². The molecular weight excluding hydrogens is 267 g/mol. The van der Waals surface area contributed by atoms with Gasteiger partial charge in [0.1, 0.15) is 5.82 Å². The zero-order chi connectivity index (χ0) is 15.0. The molecule has 1 aliphatic carbocycles. The van der Waals surface area contributed by atoms with Crippen LogP contribution in [0, 0.1) is 17.7 Å². The molecule has 1 amide bonds. The zero-order valence-corrected chi connectivity index (χ0v) is 12.5. The van der Waals surface area contributed by atoms with Crippen LogP contribution in [0.4, 0.5) is 4.39 Å². The van der Waals surface area contributed by atoms with Crippen LogP contribution in [0.2, 0.25) is 0 Å². The van der Waals surface area contributed by atoms with Crippen molar-refractivity contribution in [2.45, 2.75) is 38.1 Å². The number of nitrogens with zero attached hydrogens (tertiary/aromatic N) is 1. The smallest absolute Gasteiger partial charge is 0.226 e. The average molecular weight is 290 g/mol. The Hall–Kier alpha value is -1.42. The highest BCUT2D eigenvalue weighted by Gasteiger charge is 2.47. The summed E-state index contributed by atoms with van der Waals surface area (Å²) < 4.78 is 13.3. The first-order valence-electron chi connectivity index (χ1n) is 7.88. The average Bonchev–Trinajstić information content (AvgIpc) is 3.26. The van der Waals surface area contributed by atoms with Crippen LogP contribution in [0.5, 0.6) is 0 Å². The molecule has 0 spiro atoms. The highest BCUT2D eigenvalue weighted by molar-refractivity contribution is 5.83. The Kier molecular flexibility index (Phi) is 3.98. The molecule has 114 valence electrons. The van der Waals surface area contributed by atoms with Crippen LogP contribution in [0.25, 0.3) is 0 Å². The fraction of sp³-hybridized carbons (Fsp3) is 0.588. The topological polar surface area (TPSA) is 46.3 Å². The van der Waals surface area contributed by atoms with Gasteiger partial charge in [-0.1, -0.05) is 19.1 Å². The van der Waals surface area contributed by atoms with Gasteiger partial charge in [0.2, 0.25) is 5.91 Å². The molecule has 1 aromatic rings. The number of rotatable bonds is 3. The SMILES string of the molecule is C[C@@H]1CCCN(C(=O)[C@@H]2C[C@@H]2c2cccc(F)c2)[C@@H]1CN. The lowest BCUT2D eigenvalue weighted by Gasteiger charge is -2.39. The number of amides is 1. The van der Waals surface area contributed by atoms with Crippen LogP contribution in [-0.2, 0) is 4.79 Å². The molecule has 0 aromatic heterocycles. The molecule has 1 aromatic carbocycles. The fourth-order valence-electron chi connectivity index (χ4n) is 3.67. The Morgan fingerprint density at radius 1 is 1.48 bits per heavy atom. The Balaban J connectivity index is 1.69. The van der Waals surface area contributed by atoms with Gasteiger partial charge in [0.25, 0.3) is 0 Å². The number of likely N-dealkylation sites (tertiary alicyclic amines) is 1. The molecule has 2 fully saturated rings. The van der Waals surface area contributed by atoms with Crippen LogP contribution in [0.1, 0.15) is 37.7 Å². The number of benzene rings is 1. The standard InChI is InChI=1S/C17H23FN2O/c1-11-4-3-7-20(16(11)10-19)17(21)15-9-14(15)12-5-2-6-13(18)8-12/h2,5-6,8,11,14-16H,3-4,7,9-10,19H2,1H3/t11-,14-,15-,16-/m1/s1. The Morgan fingerprint density at radius 3 is 3.00 bits per heavy atom. The summed E-state index contributed by atoms with van der Waals surface area (Å²) in [7, 11) is 0. The van der Waals surface area contributed by atoms with Crippen molar-refractivity contribution in [3.63, 3.8) is 0 Å². The van der Waals surface area contributed by atoms with Crippen molar-refractivity contribution in [3.8, 4) is 0 Å². The molecule has 4 heteroatoms. The summed E-state index contributed by atoms with van der Waals surface area (Å²) in [5.74, 6) is 0.664. The molecule has 4 atom stereocenters. The lowest BCUT2D eigenvalue weighted by molar-refractivity contribution is -0.137. The second kappa shape index (κ2) is 5.76. The van der Waals surface area contributed by atoms with Crippen LogP contribution in [-0.4, -0.2) is 29.9 Å². The predicted molar refractivity (Wildman–Crippen MR) is 80.2 cm³/mol. The molecule has 3 nitrogen and oxygen atoms in total. The summed E-state index contributed by atoms with van der Waals surface area (Å²) in [4.78, 5) is 14.7. The third kappa shape index (κ3) is 2.82. The maximum Gasteiger partial charge on any atom is 0.226 e. The second-order valence-electron chi connectivity index (χ2n) is 6.46. The normalized spacial score (nSPS) is 32.0. The Bertz CT molecular complexity index is 533. The number of halogens is 1. The van der Waals surface area contributed by atoms with E-state index in [-0.39, 0.29) is 29.6 Å². The molecule has 3 rings (SSSR count). The van der Waals surface area contributed by atoms with Gasteiger partial charge in [0.05, 0.1) is 0 Å². The van der Waals surface area contributed by atoms with Crippen molar-refractivity contribution in [1.29, 1.82) is 0 Å². The van der Waals surface area contributed by atoms with Crippen molar-refractivity contribution in [3.05, 3.63) is 35.6 Å². The third-order valence-electron chi connectivity index (χ3n) is 5.02. The Morgan fingerprint density at radius 2 is 2.29 bits per heavy atom. The molecule has 21 heavy (non-hydrogen) atoms. The summed E-state index contributed by atoms with van der Waals surface area (Å²) >= 11 is 0. The first-order valence-corrected chi connectivity index (χ1v) is 7.88. The quantitative estimate of drug-likeness (QED) is 0.929. The van der Waals surface area contributed by atoms with E-state index in [1.54, 1.807) is 12.1 Å². The minimum atomic E-state index is -0.225.